The van der Waals surface area contributed by atoms with Crippen LogP contribution in [0.25, 0.3) is 11.0 Å². The van der Waals surface area contributed by atoms with Crippen molar-refractivity contribution >= 4 is 41.7 Å². The Morgan fingerprint density at radius 2 is 2.00 bits per heavy atom. The third-order valence-electron chi connectivity index (χ3n) is 3.33. The van der Waals surface area contributed by atoms with Gasteiger partial charge in [-0.15, -0.1) is 24.8 Å². The van der Waals surface area contributed by atoms with E-state index < -0.39 is 0 Å². The summed E-state index contributed by atoms with van der Waals surface area (Å²) in [5, 5.41) is 0. The molecule has 0 unspecified atom stereocenters. The van der Waals surface area contributed by atoms with Crippen molar-refractivity contribution in [2.75, 3.05) is 32.6 Å². The van der Waals surface area contributed by atoms with Crippen molar-refractivity contribution in [2.45, 2.75) is 13.1 Å². The molecule has 0 aromatic carbocycles. The Morgan fingerprint density at radius 1 is 1.33 bits per heavy atom. The number of nitrogens with one attached hydrogen (secondary N) is 1. The molecule has 0 spiro atoms. The molecule has 3 heterocycles. The summed E-state index contributed by atoms with van der Waals surface area (Å²) in [6, 6.07) is 0. The van der Waals surface area contributed by atoms with Crippen LogP contribution in [0.2, 0.25) is 0 Å². The molecule has 0 saturated heterocycles. The second kappa shape index (κ2) is 7.13. The predicted octanol–water partition coefficient (Wildman–Crippen LogP) is 0.255. The van der Waals surface area contributed by atoms with Gasteiger partial charge in [-0.05, 0) is 14.1 Å². The van der Waals surface area contributed by atoms with E-state index in [1.807, 2.05) is 26.0 Å². The van der Waals surface area contributed by atoms with Crippen LogP contribution >= 0.6 is 24.8 Å². The fourth-order valence-electron chi connectivity index (χ4n) is 2.54. The molecule has 0 bridgehead atoms. The van der Waals surface area contributed by atoms with E-state index in [0.717, 1.165) is 42.0 Å². The standard InChI is InChI=1S/C12H17N5O.2ClH.H2O/c1-15(2)6-8-7-17-5-4-16(3)11-10(17)9(8)13-12(18)14-11;;;/h7H,4-6H2,1-3H3,(H,13,14,18);2*1H;1H2. The van der Waals surface area contributed by atoms with E-state index in [2.05, 4.69) is 25.6 Å². The minimum Gasteiger partial charge on any atom is -0.412 e. The molecule has 3 N–H and O–H groups in total. The lowest BCUT2D eigenvalue weighted by atomic mass is 10.2. The van der Waals surface area contributed by atoms with Crippen LogP contribution in [0.15, 0.2) is 11.0 Å². The van der Waals surface area contributed by atoms with E-state index in [-0.39, 0.29) is 36.0 Å². The van der Waals surface area contributed by atoms with Gasteiger partial charge in [-0.25, -0.2) is 4.79 Å². The largest absolute Gasteiger partial charge is 0.412 e. The van der Waals surface area contributed by atoms with Crippen LogP contribution in [0.4, 0.5) is 5.82 Å². The second-order valence-electron chi connectivity index (χ2n) is 5.10. The lowest BCUT2D eigenvalue weighted by molar-refractivity contribution is 0.403. The smallest absolute Gasteiger partial charge is 0.347 e. The number of hydrogen-bond acceptors (Lipinski definition) is 4. The molecule has 1 aliphatic rings. The van der Waals surface area contributed by atoms with Gasteiger partial charge in [0.05, 0.1) is 5.52 Å². The second-order valence-corrected chi connectivity index (χ2v) is 5.10. The van der Waals surface area contributed by atoms with Crippen molar-refractivity contribution in [3.63, 3.8) is 0 Å². The van der Waals surface area contributed by atoms with Gasteiger partial charge in [0.15, 0.2) is 5.82 Å². The third-order valence-corrected chi connectivity index (χ3v) is 3.33. The van der Waals surface area contributed by atoms with Gasteiger partial charge in [0.1, 0.15) is 5.52 Å². The molecule has 2 aromatic heterocycles. The lowest BCUT2D eigenvalue weighted by Crippen LogP contribution is -2.30. The number of aromatic nitrogens is 3. The maximum atomic E-state index is 11.7. The zero-order valence-corrected chi connectivity index (χ0v) is 13.8. The highest BCUT2D eigenvalue weighted by Crippen LogP contribution is 2.29. The van der Waals surface area contributed by atoms with Crippen LogP contribution < -0.4 is 10.6 Å². The number of halogens is 2. The Balaban J connectivity index is 0.00000133. The molecule has 7 nitrogen and oxygen atoms in total. The molecular formula is C12H21Cl2N5O2. The van der Waals surface area contributed by atoms with Gasteiger partial charge in [0.2, 0.25) is 0 Å². The first-order valence-electron chi connectivity index (χ1n) is 6.04. The molecule has 2 aromatic rings. The molecule has 0 radical (unpaired) electrons. The Kier molecular flexibility index (Phi) is 6.69. The summed E-state index contributed by atoms with van der Waals surface area (Å²) in [7, 11) is 6.02. The fraction of sp³-hybridized carbons (Fsp3) is 0.500. The Hall–Kier alpha value is -1.28. The fourth-order valence-corrected chi connectivity index (χ4v) is 2.54. The third kappa shape index (κ3) is 3.32. The molecule has 0 aliphatic carbocycles. The van der Waals surface area contributed by atoms with E-state index in [4.69, 9.17) is 0 Å². The van der Waals surface area contributed by atoms with Crippen LogP contribution in [-0.2, 0) is 13.1 Å². The van der Waals surface area contributed by atoms with Crippen LogP contribution in [0.5, 0.6) is 0 Å². The highest BCUT2D eigenvalue weighted by Gasteiger charge is 2.21. The summed E-state index contributed by atoms with van der Waals surface area (Å²) in [6.07, 6.45) is 2.12. The topological polar surface area (TPSA) is 88.7 Å². The maximum Gasteiger partial charge on any atom is 0.347 e. The Morgan fingerprint density at radius 3 is 2.62 bits per heavy atom. The van der Waals surface area contributed by atoms with E-state index >= 15 is 0 Å². The van der Waals surface area contributed by atoms with Crippen molar-refractivity contribution < 1.29 is 5.48 Å². The summed E-state index contributed by atoms with van der Waals surface area (Å²) in [5.74, 6) is 0.782. The minimum atomic E-state index is -0.274. The van der Waals surface area contributed by atoms with Crippen LogP contribution in [0.3, 0.4) is 0 Å². The molecule has 0 atom stereocenters. The van der Waals surface area contributed by atoms with Gasteiger partial charge in [0.25, 0.3) is 0 Å². The average Bonchev–Trinajstić information content (AvgIpc) is 2.62. The van der Waals surface area contributed by atoms with Crippen LogP contribution in [0, 0.1) is 0 Å². The molecule has 0 fully saturated rings. The number of rotatable bonds is 2. The number of H-pyrrole nitrogens is 1. The van der Waals surface area contributed by atoms with Crippen LogP contribution in [-0.4, -0.2) is 52.6 Å². The summed E-state index contributed by atoms with van der Waals surface area (Å²) in [6.45, 7) is 2.63. The van der Waals surface area contributed by atoms with Gasteiger partial charge in [-0.2, -0.15) is 4.98 Å². The Bertz CT molecular complexity index is 667. The Labute approximate surface area is 135 Å². The van der Waals surface area contributed by atoms with E-state index in [0.29, 0.717) is 0 Å². The highest BCUT2D eigenvalue weighted by molar-refractivity contribution is 5.90. The zero-order valence-electron chi connectivity index (χ0n) is 12.2. The van der Waals surface area contributed by atoms with Gasteiger partial charge in [-0.1, -0.05) is 0 Å². The number of aromatic amines is 1. The zero-order chi connectivity index (χ0) is 12.9. The molecule has 120 valence electrons. The highest BCUT2D eigenvalue weighted by atomic mass is 35.5. The first-order chi connectivity index (χ1) is 8.56. The van der Waals surface area contributed by atoms with Gasteiger partial charge in [-0.3, -0.25) is 0 Å². The van der Waals surface area contributed by atoms with Crippen molar-refractivity contribution in [1.29, 1.82) is 0 Å². The van der Waals surface area contributed by atoms with Gasteiger partial charge < -0.3 is 24.8 Å². The molecule has 21 heavy (non-hydrogen) atoms. The first kappa shape index (κ1) is 19.7. The maximum absolute atomic E-state index is 11.7. The van der Waals surface area contributed by atoms with Crippen molar-refractivity contribution in [3.05, 3.63) is 22.2 Å². The molecule has 1 aliphatic heterocycles. The molecule has 0 saturated carbocycles. The first-order valence-corrected chi connectivity index (χ1v) is 6.04. The van der Waals surface area contributed by atoms with E-state index in [1.165, 1.54) is 0 Å². The van der Waals surface area contributed by atoms with Crippen molar-refractivity contribution in [2.24, 2.45) is 0 Å². The van der Waals surface area contributed by atoms with Crippen molar-refractivity contribution in [3.8, 4) is 0 Å². The lowest BCUT2D eigenvalue weighted by Gasteiger charge is -2.24. The monoisotopic (exact) mass is 337 g/mol. The van der Waals surface area contributed by atoms with E-state index in [9.17, 15) is 4.79 Å². The SMILES string of the molecule is CN(C)Cc1cn2c3c(nc(=O)[nH]c13)N(C)CC2.Cl.Cl.O. The quantitative estimate of drug-likeness (QED) is 0.850. The summed E-state index contributed by atoms with van der Waals surface area (Å²) in [5.41, 5.74) is 2.83. The molecule has 3 rings (SSSR count). The average molecular weight is 338 g/mol. The van der Waals surface area contributed by atoms with Crippen molar-refractivity contribution in [1.82, 2.24) is 19.4 Å². The normalized spacial score (nSPS) is 12.7. The number of hydrogen-bond donors (Lipinski definition) is 1. The number of likely N-dealkylation sites (N-methyl/N-ethyl adjacent to an activating group) is 1. The molecule has 0 amide bonds. The van der Waals surface area contributed by atoms with Gasteiger partial charge in [0, 0.05) is 38.4 Å². The molecule has 9 heteroatoms. The minimum absolute atomic E-state index is 0. The number of nitrogens with zero attached hydrogens (tertiary/aromatic N) is 4. The number of anilines is 1. The predicted molar refractivity (Wildman–Crippen MR) is 89.1 cm³/mol. The summed E-state index contributed by atoms with van der Waals surface area (Å²) >= 11 is 0. The summed E-state index contributed by atoms with van der Waals surface area (Å²) in [4.78, 5) is 22.8. The van der Waals surface area contributed by atoms with Crippen LogP contribution in [0.1, 0.15) is 5.56 Å². The van der Waals surface area contributed by atoms with Gasteiger partial charge >= 0.3 is 5.69 Å². The summed E-state index contributed by atoms with van der Waals surface area (Å²) < 4.78 is 2.19. The van der Waals surface area contributed by atoms with E-state index in [1.54, 1.807) is 0 Å². The molecular weight excluding hydrogens is 317 g/mol.